The van der Waals surface area contributed by atoms with Gasteiger partial charge in [0.2, 0.25) is 11.8 Å². The van der Waals surface area contributed by atoms with Gasteiger partial charge in [-0.2, -0.15) is 0 Å². The minimum Gasteiger partial charge on any atom is -0.494 e. The van der Waals surface area contributed by atoms with Crippen molar-refractivity contribution >= 4 is 23.2 Å². The van der Waals surface area contributed by atoms with Crippen LogP contribution >= 0.6 is 0 Å². The molecule has 0 unspecified atom stereocenters. The minimum atomic E-state index is -0.419. The fourth-order valence-corrected chi connectivity index (χ4v) is 3.80. The highest BCUT2D eigenvalue weighted by Crippen LogP contribution is 2.34. The van der Waals surface area contributed by atoms with Crippen molar-refractivity contribution in [2.75, 3.05) is 23.9 Å². The molecule has 0 aliphatic carbocycles. The van der Waals surface area contributed by atoms with Crippen molar-refractivity contribution in [2.24, 2.45) is 0 Å². The normalized spacial score (nSPS) is 15.6. The van der Waals surface area contributed by atoms with Crippen LogP contribution in [0.1, 0.15) is 51.1 Å². The number of anilines is 2. The quantitative estimate of drug-likeness (QED) is 0.649. The van der Waals surface area contributed by atoms with Crippen LogP contribution < -0.4 is 20.3 Å². The number of ether oxygens (including phenoxy) is 1. The maximum atomic E-state index is 12.8. The smallest absolute Gasteiger partial charge is 0.242 e. The molecule has 3 rings (SSSR count). The second-order valence-corrected chi connectivity index (χ2v) is 7.66. The fraction of sp³-hybridized carbons (Fsp3) is 0.417. The number of amides is 2. The number of carbonyl (C=O) groups is 2. The molecule has 1 fully saturated rings. The molecule has 0 aromatic heterocycles. The standard InChI is InChI=1S/C24H31N3O3/c1-4-9-20(18-10-6-5-7-11-18)26-24(29)17(2)25-19-13-14-21(22(16-19)30-3)27-15-8-12-23(27)28/h5-7,10-11,13-14,16-17,20,25H,4,8-9,12,15H2,1-3H3,(H,26,29)/t17-,20+/m1/s1. The summed E-state index contributed by atoms with van der Waals surface area (Å²) in [4.78, 5) is 26.6. The van der Waals surface area contributed by atoms with Gasteiger partial charge in [-0.3, -0.25) is 9.59 Å². The van der Waals surface area contributed by atoms with Gasteiger partial charge in [0.25, 0.3) is 0 Å². The van der Waals surface area contributed by atoms with Crippen molar-refractivity contribution in [1.29, 1.82) is 0 Å². The largest absolute Gasteiger partial charge is 0.494 e. The van der Waals surface area contributed by atoms with Crippen LogP contribution in [0.3, 0.4) is 0 Å². The number of nitrogens with zero attached hydrogens (tertiary/aromatic N) is 1. The summed E-state index contributed by atoms with van der Waals surface area (Å²) < 4.78 is 5.51. The molecule has 1 saturated heterocycles. The van der Waals surface area contributed by atoms with Crippen molar-refractivity contribution in [3.05, 3.63) is 54.1 Å². The van der Waals surface area contributed by atoms with Crippen LogP contribution in [-0.4, -0.2) is 31.5 Å². The molecule has 2 amide bonds. The summed E-state index contributed by atoms with van der Waals surface area (Å²) >= 11 is 0. The number of hydrogen-bond donors (Lipinski definition) is 2. The van der Waals surface area contributed by atoms with Gasteiger partial charge in [0.15, 0.2) is 0 Å². The summed E-state index contributed by atoms with van der Waals surface area (Å²) in [5.74, 6) is 0.677. The van der Waals surface area contributed by atoms with Crippen LogP contribution in [0.15, 0.2) is 48.5 Å². The maximum absolute atomic E-state index is 12.8. The topological polar surface area (TPSA) is 70.7 Å². The first-order valence-corrected chi connectivity index (χ1v) is 10.6. The molecule has 1 aliphatic rings. The number of methoxy groups -OCH3 is 1. The Morgan fingerprint density at radius 1 is 1.20 bits per heavy atom. The van der Waals surface area contributed by atoms with Crippen LogP contribution in [-0.2, 0) is 9.59 Å². The summed E-state index contributed by atoms with van der Waals surface area (Å²) in [6.07, 6.45) is 3.30. The Hall–Kier alpha value is -3.02. The molecule has 0 saturated carbocycles. The molecule has 160 valence electrons. The van der Waals surface area contributed by atoms with E-state index in [2.05, 4.69) is 17.6 Å². The monoisotopic (exact) mass is 409 g/mol. The second kappa shape index (κ2) is 10.1. The van der Waals surface area contributed by atoms with Gasteiger partial charge in [0.1, 0.15) is 11.8 Å². The molecule has 2 N–H and O–H groups in total. The highest BCUT2D eigenvalue weighted by atomic mass is 16.5. The van der Waals surface area contributed by atoms with E-state index in [1.54, 1.807) is 12.0 Å². The van der Waals surface area contributed by atoms with Gasteiger partial charge in [0.05, 0.1) is 18.8 Å². The van der Waals surface area contributed by atoms with Gasteiger partial charge < -0.3 is 20.3 Å². The maximum Gasteiger partial charge on any atom is 0.242 e. The van der Waals surface area contributed by atoms with Gasteiger partial charge in [-0.05, 0) is 37.5 Å². The van der Waals surface area contributed by atoms with Crippen LogP contribution in [0.4, 0.5) is 11.4 Å². The Bertz CT molecular complexity index is 869. The molecule has 0 bridgehead atoms. The van der Waals surface area contributed by atoms with Gasteiger partial charge >= 0.3 is 0 Å². The first kappa shape index (κ1) is 21.7. The SMILES string of the molecule is CCC[C@H](NC(=O)[C@@H](C)Nc1ccc(N2CCCC2=O)c(OC)c1)c1ccccc1. The molecule has 2 aromatic rings. The summed E-state index contributed by atoms with van der Waals surface area (Å²) in [5, 5.41) is 6.41. The third-order valence-corrected chi connectivity index (χ3v) is 5.42. The van der Waals surface area contributed by atoms with E-state index in [0.717, 1.165) is 36.2 Å². The Morgan fingerprint density at radius 2 is 1.97 bits per heavy atom. The van der Waals surface area contributed by atoms with Crippen LogP contribution in [0.5, 0.6) is 5.75 Å². The molecule has 1 aliphatic heterocycles. The predicted molar refractivity (Wildman–Crippen MR) is 120 cm³/mol. The molecule has 6 nitrogen and oxygen atoms in total. The molecule has 30 heavy (non-hydrogen) atoms. The Kier molecular flexibility index (Phi) is 7.33. The van der Waals surface area contributed by atoms with Crippen molar-refractivity contribution in [3.63, 3.8) is 0 Å². The molecular weight excluding hydrogens is 378 g/mol. The molecular formula is C24H31N3O3. The van der Waals surface area contributed by atoms with Crippen LogP contribution in [0.25, 0.3) is 0 Å². The van der Waals surface area contributed by atoms with E-state index in [1.165, 1.54) is 0 Å². The van der Waals surface area contributed by atoms with E-state index in [-0.39, 0.29) is 17.9 Å². The van der Waals surface area contributed by atoms with E-state index < -0.39 is 6.04 Å². The van der Waals surface area contributed by atoms with E-state index in [9.17, 15) is 9.59 Å². The number of benzene rings is 2. The second-order valence-electron chi connectivity index (χ2n) is 7.66. The summed E-state index contributed by atoms with van der Waals surface area (Å²) in [6.45, 7) is 4.66. The third kappa shape index (κ3) is 5.12. The number of nitrogens with one attached hydrogen (secondary N) is 2. The predicted octanol–water partition coefficient (Wildman–Crippen LogP) is 4.28. The van der Waals surface area contributed by atoms with Gasteiger partial charge in [-0.25, -0.2) is 0 Å². The lowest BCUT2D eigenvalue weighted by atomic mass is 10.0. The average molecular weight is 410 g/mol. The first-order valence-electron chi connectivity index (χ1n) is 10.6. The molecule has 0 radical (unpaired) electrons. The van der Waals surface area contributed by atoms with Gasteiger partial charge in [-0.15, -0.1) is 0 Å². The lowest BCUT2D eigenvalue weighted by Crippen LogP contribution is -2.39. The zero-order chi connectivity index (χ0) is 21.5. The van der Waals surface area contributed by atoms with Crippen molar-refractivity contribution in [3.8, 4) is 5.75 Å². The zero-order valence-corrected chi connectivity index (χ0v) is 18.0. The van der Waals surface area contributed by atoms with E-state index in [1.807, 2.05) is 55.5 Å². The van der Waals surface area contributed by atoms with Crippen molar-refractivity contribution in [1.82, 2.24) is 5.32 Å². The molecule has 2 aromatic carbocycles. The Morgan fingerprint density at radius 3 is 2.60 bits per heavy atom. The molecule has 0 spiro atoms. The lowest BCUT2D eigenvalue weighted by molar-refractivity contribution is -0.122. The third-order valence-electron chi connectivity index (χ3n) is 5.42. The number of carbonyl (C=O) groups excluding carboxylic acids is 2. The van der Waals surface area contributed by atoms with Crippen LogP contribution in [0, 0.1) is 0 Å². The molecule has 2 atom stereocenters. The highest BCUT2D eigenvalue weighted by molar-refractivity contribution is 5.97. The zero-order valence-electron chi connectivity index (χ0n) is 18.0. The van der Waals surface area contributed by atoms with Gasteiger partial charge in [-0.1, -0.05) is 43.7 Å². The van der Waals surface area contributed by atoms with E-state index in [4.69, 9.17) is 4.74 Å². The average Bonchev–Trinajstić information content (AvgIpc) is 3.19. The van der Waals surface area contributed by atoms with E-state index in [0.29, 0.717) is 18.7 Å². The van der Waals surface area contributed by atoms with Crippen molar-refractivity contribution < 1.29 is 14.3 Å². The summed E-state index contributed by atoms with van der Waals surface area (Å²) in [7, 11) is 1.59. The fourth-order valence-electron chi connectivity index (χ4n) is 3.80. The van der Waals surface area contributed by atoms with E-state index >= 15 is 0 Å². The number of hydrogen-bond acceptors (Lipinski definition) is 4. The number of rotatable bonds is 9. The molecule has 6 heteroatoms. The van der Waals surface area contributed by atoms with Crippen LogP contribution in [0.2, 0.25) is 0 Å². The minimum absolute atomic E-state index is 0.00830. The summed E-state index contributed by atoms with van der Waals surface area (Å²) in [5.41, 5.74) is 2.66. The lowest BCUT2D eigenvalue weighted by Gasteiger charge is -2.23. The Balaban J connectivity index is 1.67. The summed E-state index contributed by atoms with van der Waals surface area (Å²) in [6, 6.07) is 15.2. The van der Waals surface area contributed by atoms with Gasteiger partial charge in [0, 0.05) is 24.7 Å². The van der Waals surface area contributed by atoms with Crippen molar-refractivity contribution in [2.45, 2.75) is 51.6 Å². The highest BCUT2D eigenvalue weighted by Gasteiger charge is 2.25. The molecule has 1 heterocycles. The first-order chi connectivity index (χ1) is 14.5. The Labute approximate surface area is 178 Å².